The molecular weight excluding hydrogens is 404 g/mol. The molecule has 1 heterocycles. The van der Waals surface area contributed by atoms with E-state index in [9.17, 15) is 5.26 Å². The lowest BCUT2D eigenvalue weighted by Gasteiger charge is -2.32. The molecule has 1 unspecified atom stereocenters. The minimum Gasteiger partial charge on any atom is -0.493 e. The van der Waals surface area contributed by atoms with E-state index in [0.29, 0.717) is 0 Å². The molecule has 2 aromatic rings. The lowest BCUT2D eigenvalue weighted by Crippen LogP contribution is -2.32. The molecule has 3 rings (SSSR count). The van der Waals surface area contributed by atoms with Crippen molar-refractivity contribution in [2.75, 3.05) is 41.1 Å². The van der Waals surface area contributed by atoms with Crippen LogP contribution < -0.4 is 18.9 Å². The van der Waals surface area contributed by atoms with E-state index in [2.05, 4.69) is 37.9 Å². The summed E-state index contributed by atoms with van der Waals surface area (Å²) in [5.74, 6) is 3.17. The van der Waals surface area contributed by atoms with Crippen LogP contribution in [0.3, 0.4) is 0 Å². The van der Waals surface area contributed by atoms with Crippen molar-refractivity contribution in [1.82, 2.24) is 4.90 Å². The quantitative estimate of drug-likeness (QED) is 0.502. The minimum absolute atomic E-state index is 0.185. The van der Waals surface area contributed by atoms with Gasteiger partial charge in [0.15, 0.2) is 23.0 Å². The van der Waals surface area contributed by atoms with Gasteiger partial charge >= 0.3 is 0 Å². The Morgan fingerprint density at radius 1 is 1.03 bits per heavy atom. The number of hydrogen-bond acceptors (Lipinski definition) is 6. The van der Waals surface area contributed by atoms with Crippen LogP contribution in [-0.4, -0.2) is 46.0 Å². The van der Waals surface area contributed by atoms with Crippen molar-refractivity contribution in [3.63, 3.8) is 0 Å². The van der Waals surface area contributed by atoms with Crippen LogP contribution in [0.2, 0.25) is 0 Å². The van der Waals surface area contributed by atoms with Crippen LogP contribution >= 0.6 is 0 Å². The van der Waals surface area contributed by atoms with Crippen LogP contribution in [0.5, 0.6) is 23.0 Å². The number of ether oxygens (including phenoxy) is 4. The standard InChI is InChI=1S/C26H34N2O4/c1-19(2)26(17-27,21-8-10-23-25(16-21)32-18-31-23)12-6-13-28(3)14-11-20-7-9-22(29-4)24(15-20)30-5/h7-10,15-16,19H,6,11-14,18H2,1-5H3. The minimum atomic E-state index is -0.550. The predicted molar refractivity (Wildman–Crippen MR) is 125 cm³/mol. The SMILES string of the molecule is COc1ccc(CCN(C)CCCC(C#N)(c2ccc3c(c2)OCO3)C(C)C)cc1OC. The zero-order valence-corrected chi connectivity index (χ0v) is 19.8. The van der Waals surface area contributed by atoms with Gasteiger partial charge in [0, 0.05) is 6.54 Å². The van der Waals surface area contributed by atoms with Crippen molar-refractivity contribution < 1.29 is 18.9 Å². The normalized spacial score (nSPS) is 14.3. The van der Waals surface area contributed by atoms with Gasteiger partial charge in [-0.25, -0.2) is 0 Å². The first-order valence-electron chi connectivity index (χ1n) is 11.1. The fraction of sp³-hybridized carbons (Fsp3) is 0.500. The molecule has 0 radical (unpaired) electrons. The third-order valence-corrected chi connectivity index (χ3v) is 6.41. The van der Waals surface area contributed by atoms with Gasteiger partial charge in [0.2, 0.25) is 6.79 Å². The average molecular weight is 439 g/mol. The fourth-order valence-corrected chi connectivity index (χ4v) is 4.29. The second kappa shape index (κ2) is 10.6. The Labute approximate surface area is 191 Å². The molecule has 172 valence electrons. The maximum Gasteiger partial charge on any atom is 0.231 e. The molecule has 0 saturated carbocycles. The molecular formula is C26H34N2O4. The van der Waals surface area contributed by atoms with Gasteiger partial charge in [0.25, 0.3) is 0 Å². The lowest BCUT2D eigenvalue weighted by atomic mass is 9.69. The molecule has 0 N–H and O–H groups in total. The molecule has 0 spiro atoms. The van der Waals surface area contributed by atoms with Gasteiger partial charge in [0.05, 0.1) is 25.7 Å². The summed E-state index contributed by atoms with van der Waals surface area (Å²) in [4.78, 5) is 2.32. The van der Waals surface area contributed by atoms with Gasteiger partial charge in [-0.2, -0.15) is 5.26 Å². The molecule has 6 heteroatoms. The molecule has 0 amide bonds. The summed E-state index contributed by atoms with van der Waals surface area (Å²) in [6.07, 6.45) is 2.65. The zero-order valence-electron chi connectivity index (χ0n) is 19.8. The first kappa shape index (κ1) is 23.7. The smallest absolute Gasteiger partial charge is 0.231 e. The summed E-state index contributed by atoms with van der Waals surface area (Å²) in [6, 6.07) is 14.6. The van der Waals surface area contributed by atoms with Gasteiger partial charge in [-0.15, -0.1) is 0 Å². The summed E-state index contributed by atoms with van der Waals surface area (Å²) < 4.78 is 21.7. The lowest BCUT2D eigenvalue weighted by molar-refractivity contribution is 0.174. The Morgan fingerprint density at radius 3 is 2.47 bits per heavy atom. The molecule has 0 aliphatic carbocycles. The number of nitriles is 1. The van der Waals surface area contributed by atoms with E-state index in [0.717, 1.165) is 60.9 Å². The summed E-state index contributed by atoms with van der Waals surface area (Å²) in [7, 11) is 5.43. The first-order valence-corrected chi connectivity index (χ1v) is 11.1. The van der Waals surface area contributed by atoms with Crippen molar-refractivity contribution in [3.05, 3.63) is 47.5 Å². The summed E-state index contributed by atoms with van der Waals surface area (Å²) in [5, 5.41) is 10.2. The van der Waals surface area contributed by atoms with Gasteiger partial charge in [0.1, 0.15) is 0 Å². The Kier molecular flexibility index (Phi) is 7.87. The van der Waals surface area contributed by atoms with Crippen LogP contribution in [0.4, 0.5) is 0 Å². The number of likely N-dealkylation sites (N-methyl/N-ethyl adjacent to an activating group) is 1. The molecule has 1 aliphatic rings. The van der Waals surface area contributed by atoms with Crippen LogP contribution in [0.1, 0.15) is 37.8 Å². The molecule has 0 aromatic heterocycles. The van der Waals surface area contributed by atoms with Gasteiger partial charge in [-0.3, -0.25) is 0 Å². The monoisotopic (exact) mass is 438 g/mol. The van der Waals surface area contributed by atoms with Crippen molar-refractivity contribution in [2.24, 2.45) is 5.92 Å². The molecule has 0 fully saturated rings. The average Bonchev–Trinajstić information content (AvgIpc) is 3.28. The van der Waals surface area contributed by atoms with E-state index >= 15 is 0 Å². The molecule has 2 aromatic carbocycles. The molecule has 1 atom stereocenters. The number of fused-ring (bicyclic) bond motifs is 1. The Balaban J connectivity index is 1.58. The third-order valence-electron chi connectivity index (χ3n) is 6.41. The molecule has 0 bridgehead atoms. The van der Waals surface area contributed by atoms with E-state index in [1.165, 1.54) is 5.56 Å². The predicted octanol–water partition coefficient (Wildman–Crippen LogP) is 4.80. The van der Waals surface area contributed by atoms with Gasteiger partial charge < -0.3 is 23.8 Å². The number of rotatable bonds is 11. The molecule has 6 nitrogen and oxygen atoms in total. The van der Waals surface area contributed by atoms with E-state index in [4.69, 9.17) is 18.9 Å². The summed E-state index contributed by atoms with van der Waals surface area (Å²) >= 11 is 0. The van der Waals surface area contributed by atoms with E-state index in [1.807, 2.05) is 30.3 Å². The second-order valence-electron chi connectivity index (χ2n) is 8.65. The number of methoxy groups -OCH3 is 2. The fourth-order valence-electron chi connectivity index (χ4n) is 4.29. The number of nitrogens with zero attached hydrogens (tertiary/aromatic N) is 2. The van der Waals surface area contributed by atoms with E-state index in [1.54, 1.807) is 14.2 Å². The highest BCUT2D eigenvalue weighted by molar-refractivity contribution is 5.48. The van der Waals surface area contributed by atoms with Crippen LogP contribution in [0, 0.1) is 17.2 Å². The Bertz CT molecular complexity index is 953. The van der Waals surface area contributed by atoms with E-state index < -0.39 is 5.41 Å². The third kappa shape index (κ3) is 5.11. The maximum atomic E-state index is 10.2. The van der Waals surface area contributed by atoms with Crippen LogP contribution in [-0.2, 0) is 11.8 Å². The van der Waals surface area contributed by atoms with Gasteiger partial charge in [-0.1, -0.05) is 26.0 Å². The molecule has 32 heavy (non-hydrogen) atoms. The van der Waals surface area contributed by atoms with Crippen molar-refractivity contribution >= 4 is 0 Å². The molecule has 0 saturated heterocycles. The van der Waals surface area contributed by atoms with Crippen LogP contribution in [0.15, 0.2) is 36.4 Å². The zero-order chi connectivity index (χ0) is 23.1. The largest absolute Gasteiger partial charge is 0.493 e. The van der Waals surface area contributed by atoms with Crippen molar-refractivity contribution in [1.29, 1.82) is 5.26 Å². The van der Waals surface area contributed by atoms with Crippen molar-refractivity contribution in [2.45, 2.75) is 38.5 Å². The maximum absolute atomic E-state index is 10.2. The second-order valence-corrected chi connectivity index (χ2v) is 8.65. The summed E-state index contributed by atoms with van der Waals surface area (Å²) in [6.45, 7) is 6.34. The van der Waals surface area contributed by atoms with Crippen molar-refractivity contribution in [3.8, 4) is 29.1 Å². The Morgan fingerprint density at radius 2 is 1.78 bits per heavy atom. The topological polar surface area (TPSA) is 64.0 Å². The first-order chi connectivity index (χ1) is 15.4. The highest BCUT2D eigenvalue weighted by atomic mass is 16.7. The number of hydrogen-bond donors (Lipinski definition) is 0. The van der Waals surface area contributed by atoms with Crippen LogP contribution in [0.25, 0.3) is 0 Å². The van der Waals surface area contributed by atoms with Gasteiger partial charge in [-0.05, 0) is 74.2 Å². The van der Waals surface area contributed by atoms with E-state index in [-0.39, 0.29) is 12.7 Å². The summed E-state index contributed by atoms with van der Waals surface area (Å²) in [5.41, 5.74) is 1.67. The highest BCUT2D eigenvalue weighted by Gasteiger charge is 2.36. The number of benzene rings is 2. The Hall–Kier alpha value is -2.91. The highest BCUT2D eigenvalue weighted by Crippen LogP contribution is 2.41. The molecule has 1 aliphatic heterocycles.